The predicted molar refractivity (Wildman–Crippen MR) is 71.8 cm³/mol. The molecular weight excluding hydrogens is 218 g/mol. The second kappa shape index (κ2) is 7.71. The van der Waals surface area contributed by atoms with Crippen LogP contribution in [-0.4, -0.2) is 25.0 Å². The van der Waals surface area contributed by atoms with Crippen molar-refractivity contribution in [3.63, 3.8) is 0 Å². The average molecular weight is 239 g/mol. The van der Waals surface area contributed by atoms with Crippen LogP contribution in [0, 0.1) is 6.92 Å². The quantitative estimate of drug-likeness (QED) is 0.794. The summed E-state index contributed by atoms with van der Waals surface area (Å²) < 4.78 is 5.51. The van der Waals surface area contributed by atoms with Gasteiger partial charge >= 0.3 is 0 Å². The van der Waals surface area contributed by atoms with Gasteiger partial charge in [0, 0.05) is 24.7 Å². The van der Waals surface area contributed by atoms with E-state index in [-0.39, 0.29) is 6.10 Å². The first-order valence-corrected chi connectivity index (χ1v) is 6.86. The van der Waals surface area contributed by atoms with Crippen LogP contribution in [0.2, 0.25) is 0 Å². The Bertz CT molecular complexity index is 304. The van der Waals surface area contributed by atoms with Crippen molar-refractivity contribution in [2.75, 3.05) is 18.9 Å². The van der Waals surface area contributed by atoms with Crippen LogP contribution in [0.25, 0.3) is 0 Å². The highest BCUT2D eigenvalue weighted by atomic mass is 32.2. The molecular formula is C13H21NOS. The SMILES string of the molecule is CCOC(CN)CSCc1cccc(C)c1. The lowest BCUT2D eigenvalue weighted by Gasteiger charge is -2.14. The minimum absolute atomic E-state index is 0.194. The fourth-order valence-electron chi connectivity index (χ4n) is 1.53. The van der Waals surface area contributed by atoms with Crippen molar-refractivity contribution in [2.24, 2.45) is 5.73 Å². The minimum atomic E-state index is 0.194. The third-order valence-electron chi connectivity index (χ3n) is 2.32. The number of hydrogen-bond acceptors (Lipinski definition) is 3. The molecule has 1 atom stereocenters. The number of aryl methyl sites for hydroxylation is 1. The second-order valence-corrected chi connectivity index (χ2v) is 4.85. The van der Waals surface area contributed by atoms with Gasteiger partial charge in [0.1, 0.15) is 0 Å². The maximum atomic E-state index is 5.62. The van der Waals surface area contributed by atoms with E-state index in [1.807, 2.05) is 18.7 Å². The van der Waals surface area contributed by atoms with E-state index in [0.29, 0.717) is 6.54 Å². The first kappa shape index (κ1) is 13.6. The summed E-state index contributed by atoms with van der Waals surface area (Å²) >= 11 is 1.88. The van der Waals surface area contributed by atoms with Crippen molar-refractivity contribution in [1.29, 1.82) is 0 Å². The Morgan fingerprint density at radius 2 is 2.25 bits per heavy atom. The minimum Gasteiger partial charge on any atom is -0.376 e. The van der Waals surface area contributed by atoms with E-state index in [2.05, 4.69) is 31.2 Å². The van der Waals surface area contributed by atoms with E-state index < -0.39 is 0 Å². The Labute approximate surface area is 103 Å². The lowest BCUT2D eigenvalue weighted by molar-refractivity contribution is 0.0858. The largest absolute Gasteiger partial charge is 0.376 e. The summed E-state index contributed by atoms with van der Waals surface area (Å²) in [5, 5.41) is 0. The van der Waals surface area contributed by atoms with Crippen molar-refractivity contribution in [3.05, 3.63) is 35.4 Å². The molecule has 0 heterocycles. The molecule has 0 saturated carbocycles. The molecule has 0 radical (unpaired) electrons. The van der Waals surface area contributed by atoms with Gasteiger partial charge in [-0.1, -0.05) is 29.8 Å². The normalized spacial score (nSPS) is 12.7. The van der Waals surface area contributed by atoms with Crippen LogP contribution in [0.3, 0.4) is 0 Å². The zero-order valence-electron chi connectivity index (χ0n) is 10.1. The Kier molecular flexibility index (Phi) is 6.53. The maximum Gasteiger partial charge on any atom is 0.0787 e. The average Bonchev–Trinajstić information content (AvgIpc) is 2.28. The number of hydrogen-bond donors (Lipinski definition) is 1. The van der Waals surface area contributed by atoms with Crippen molar-refractivity contribution in [2.45, 2.75) is 25.7 Å². The van der Waals surface area contributed by atoms with Gasteiger partial charge in [0.25, 0.3) is 0 Å². The standard InChI is InChI=1S/C13H21NOS/c1-3-15-13(8-14)10-16-9-12-6-4-5-11(2)7-12/h4-7,13H,3,8-10,14H2,1-2H3. The number of benzene rings is 1. The number of nitrogens with two attached hydrogens (primary N) is 1. The monoisotopic (exact) mass is 239 g/mol. The van der Waals surface area contributed by atoms with Crippen molar-refractivity contribution < 1.29 is 4.74 Å². The van der Waals surface area contributed by atoms with Crippen LogP contribution in [0.15, 0.2) is 24.3 Å². The first-order valence-electron chi connectivity index (χ1n) is 5.71. The molecule has 0 bridgehead atoms. The third kappa shape index (κ3) is 5.01. The molecule has 1 aromatic carbocycles. The zero-order valence-corrected chi connectivity index (χ0v) is 10.9. The summed E-state index contributed by atoms with van der Waals surface area (Å²) in [4.78, 5) is 0. The van der Waals surface area contributed by atoms with Gasteiger partial charge in [-0.25, -0.2) is 0 Å². The van der Waals surface area contributed by atoms with Crippen LogP contribution in [0.1, 0.15) is 18.1 Å². The number of thioether (sulfide) groups is 1. The second-order valence-electron chi connectivity index (χ2n) is 3.82. The van der Waals surface area contributed by atoms with E-state index in [1.165, 1.54) is 11.1 Å². The van der Waals surface area contributed by atoms with Gasteiger partial charge in [0.05, 0.1) is 6.10 Å². The lowest BCUT2D eigenvalue weighted by atomic mass is 10.2. The molecule has 2 nitrogen and oxygen atoms in total. The van der Waals surface area contributed by atoms with E-state index >= 15 is 0 Å². The molecule has 2 N–H and O–H groups in total. The summed E-state index contributed by atoms with van der Waals surface area (Å²) in [7, 11) is 0. The summed E-state index contributed by atoms with van der Waals surface area (Å²) in [6.45, 7) is 5.48. The highest BCUT2D eigenvalue weighted by molar-refractivity contribution is 7.98. The molecule has 0 saturated heterocycles. The first-order chi connectivity index (χ1) is 7.76. The molecule has 1 aromatic rings. The van der Waals surface area contributed by atoms with Gasteiger partial charge in [-0.3, -0.25) is 0 Å². The van der Waals surface area contributed by atoms with Gasteiger partial charge in [-0.2, -0.15) is 11.8 Å². The van der Waals surface area contributed by atoms with E-state index in [1.54, 1.807) is 0 Å². The van der Waals surface area contributed by atoms with Crippen LogP contribution in [0.4, 0.5) is 0 Å². The Morgan fingerprint density at radius 1 is 1.44 bits per heavy atom. The van der Waals surface area contributed by atoms with Crippen LogP contribution in [0.5, 0.6) is 0 Å². The summed E-state index contributed by atoms with van der Waals surface area (Å²) in [6, 6.07) is 8.62. The van der Waals surface area contributed by atoms with Gasteiger partial charge in [-0.15, -0.1) is 0 Å². The van der Waals surface area contributed by atoms with Crippen molar-refractivity contribution in [1.82, 2.24) is 0 Å². The molecule has 90 valence electrons. The molecule has 0 amide bonds. The summed E-state index contributed by atoms with van der Waals surface area (Å²) in [5.74, 6) is 2.00. The lowest BCUT2D eigenvalue weighted by Crippen LogP contribution is -2.26. The fraction of sp³-hybridized carbons (Fsp3) is 0.538. The molecule has 0 aliphatic heterocycles. The highest BCUT2D eigenvalue weighted by Gasteiger charge is 2.05. The van der Waals surface area contributed by atoms with Gasteiger partial charge in [0.15, 0.2) is 0 Å². The summed E-state index contributed by atoms with van der Waals surface area (Å²) in [6.07, 6.45) is 0.194. The van der Waals surface area contributed by atoms with E-state index in [9.17, 15) is 0 Å². The molecule has 1 rings (SSSR count). The van der Waals surface area contributed by atoms with Crippen LogP contribution < -0.4 is 5.73 Å². The van der Waals surface area contributed by atoms with E-state index in [0.717, 1.165) is 18.1 Å². The maximum absolute atomic E-state index is 5.62. The molecule has 16 heavy (non-hydrogen) atoms. The smallest absolute Gasteiger partial charge is 0.0787 e. The third-order valence-corrected chi connectivity index (χ3v) is 3.47. The predicted octanol–water partition coefficient (Wildman–Crippen LogP) is 2.59. The molecule has 0 aliphatic rings. The molecule has 0 fully saturated rings. The molecule has 1 unspecified atom stereocenters. The van der Waals surface area contributed by atoms with Crippen molar-refractivity contribution in [3.8, 4) is 0 Å². The Morgan fingerprint density at radius 3 is 2.88 bits per heavy atom. The number of rotatable bonds is 7. The Hall–Kier alpha value is -0.510. The van der Waals surface area contributed by atoms with Gasteiger partial charge in [0.2, 0.25) is 0 Å². The summed E-state index contributed by atoms with van der Waals surface area (Å²) in [5.41, 5.74) is 8.31. The Balaban J connectivity index is 2.29. The topological polar surface area (TPSA) is 35.2 Å². The molecule has 0 aromatic heterocycles. The molecule has 3 heteroatoms. The number of ether oxygens (including phenoxy) is 1. The fourth-order valence-corrected chi connectivity index (χ4v) is 2.56. The highest BCUT2D eigenvalue weighted by Crippen LogP contribution is 2.15. The van der Waals surface area contributed by atoms with Gasteiger partial charge < -0.3 is 10.5 Å². The van der Waals surface area contributed by atoms with Crippen LogP contribution in [-0.2, 0) is 10.5 Å². The van der Waals surface area contributed by atoms with Crippen molar-refractivity contribution >= 4 is 11.8 Å². The van der Waals surface area contributed by atoms with E-state index in [4.69, 9.17) is 10.5 Å². The van der Waals surface area contributed by atoms with Crippen LogP contribution >= 0.6 is 11.8 Å². The molecule has 0 aliphatic carbocycles. The molecule has 0 spiro atoms. The van der Waals surface area contributed by atoms with Gasteiger partial charge in [-0.05, 0) is 19.4 Å². The zero-order chi connectivity index (χ0) is 11.8.